The lowest BCUT2D eigenvalue weighted by molar-refractivity contribution is 0.0379. The van der Waals surface area contributed by atoms with E-state index >= 15 is 0 Å². The molecule has 1 N–H and O–H groups in total. The second-order valence-electron chi connectivity index (χ2n) is 6.58. The van der Waals surface area contributed by atoms with Crippen LogP contribution in [0.1, 0.15) is 38.2 Å². The molecule has 0 saturated carbocycles. The molecule has 4 heteroatoms. The Morgan fingerprint density at radius 1 is 1.18 bits per heavy atom. The molecule has 0 unspecified atom stereocenters. The first-order chi connectivity index (χ1) is 10.8. The van der Waals surface area contributed by atoms with Gasteiger partial charge >= 0.3 is 0 Å². The van der Waals surface area contributed by atoms with Gasteiger partial charge in [-0.05, 0) is 43.8 Å². The highest BCUT2D eigenvalue weighted by Gasteiger charge is 2.32. The Bertz CT molecular complexity index is 489. The van der Waals surface area contributed by atoms with Gasteiger partial charge < -0.3 is 14.6 Å². The van der Waals surface area contributed by atoms with E-state index in [-0.39, 0.29) is 5.41 Å². The summed E-state index contributed by atoms with van der Waals surface area (Å²) in [5.41, 5.74) is 1.36. The van der Waals surface area contributed by atoms with Crippen LogP contribution in [0.25, 0.3) is 0 Å². The first-order valence-electron chi connectivity index (χ1n) is 8.47. The van der Waals surface area contributed by atoms with Crippen LogP contribution in [-0.2, 0) is 6.54 Å². The zero-order chi connectivity index (χ0) is 15.4. The van der Waals surface area contributed by atoms with Crippen molar-refractivity contribution in [3.05, 3.63) is 23.8 Å². The first kappa shape index (κ1) is 15.6. The maximum absolute atomic E-state index is 9.65. The van der Waals surface area contributed by atoms with E-state index in [1.807, 2.05) is 6.07 Å². The minimum atomic E-state index is 0.143. The number of likely N-dealkylation sites (tertiary alicyclic amines) is 1. The molecule has 1 aromatic carbocycles. The van der Waals surface area contributed by atoms with Gasteiger partial charge in [-0.3, -0.25) is 4.90 Å². The highest BCUT2D eigenvalue weighted by atomic mass is 16.5. The van der Waals surface area contributed by atoms with E-state index in [1.165, 1.54) is 5.56 Å². The molecule has 1 fully saturated rings. The Hall–Kier alpha value is -1.26. The van der Waals surface area contributed by atoms with E-state index in [9.17, 15) is 5.11 Å². The van der Waals surface area contributed by atoms with Crippen LogP contribution in [0.15, 0.2) is 18.2 Å². The molecule has 22 heavy (non-hydrogen) atoms. The smallest absolute Gasteiger partial charge is 0.165 e. The zero-order valence-electron chi connectivity index (χ0n) is 13.5. The van der Waals surface area contributed by atoms with Crippen molar-refractivity contribution in [2.24, 2.45) is 5.41 Å². The molecule has 3 rings (SSSR count). The number of nitrogens with zero attached hydrogens (tertiary/aromatic N) is 1. The summed E-state index contributed by atoms with van der Waals surface area (Å²) >= 11 is 0. The lowest BCUT2D eigenvalue weighted by Crippen LogP contribution is -2.41. The molecule has 0 atom stereocenters. The van der Waals surface area contributed by atoms with Crippen LogP contribution < -0.4 is 9.47 Å². The molecule has 1 saturated heterocycles. The van der Waals surface area contributed by atoms with Crippen molar-refractivity contribution < 1.29 is 14.6 Å². The van der Waals surface area contributed by atoms with Crippen LogP contribution in [0.4, 0.5) is 0 Å². The van der Waals surface area contributed by atoms with Gasteiger partial charge in [-0.2, -0.15) is 0 Å². The number of fused-ring (bicyclic) bond motifs is 1. The fraction of sp³-hybridized carbons (Fsp3) is 0.667. The average Bonchev–Trinajstić information content (AvgIpc) is 2.82. The third-order valence-corrected chi connectivity index (χ3v) is 5.25. The number of ether oxygens (including phenoxy) is 2. The van der Waals surface area contributed by atoms with Crippen LogP contribution in [0.3, 0.4) is 0 Å². The van der Waals surface area contributed by atoms with E-state index in [0.717, 1.165) is 70.0 Å². The minimum Gasteiger partial charge on any atom is -0.490 e. The Balaban J connectivity index is 1.67. The normalized spacial score (nSPS) is 21.4. The van der Waals surface area contributed by atoms with Crippen molar-refractivity contribution in [1.82, 2.24) is 4.90 Å². The molecular weight excluding hydrogens is 278 g/mol. The maximum Gasteiger partial charge on any atom is 0.165 e. The molecule has 2 aliphatic rings. The highest BCUT2D eigenvalue weighted by Crippen LogP contribution is 2.37. The Labute approximate surface area is 133 Å². The van der Waals surface area contributed by atoms with Gasteiger partial charge in [0.15, 0.2) is 11.5 Å². The van der Waals surface area contributed by atoms with Crippen molar-refractivity contribution in [1.29, 1.82) is 0 Å². The fourth-order valence-corrected chi connectivity index (χ4v) is 3.43. The molecule has 0 spiro atoms. The quantitative estimate of drug-likeness (QED) is 0.929. The van der Waals surface area contributed by atoms with Crippen LogP contribution in [-0.4, -0.2) is 42.9 Å². The molecule has 0 aromatic heterocycles. The number of para-hydroxylation sites is 1. The van der Waals surface area contributed by atoms with Crippen molar-refractivity contribution in [3.8, 4) is 11.5 Å². The summed E-state index contributed by atoms with van der Waals surface area (Å²) in [6.45, 7) is 6.95. The van der Waals surface area contributed by atoms with Crippen LogP contribution >= 0.6 is 0 Å². The van der Waals surface area contributed by atoms with Gasteiger partial charge in [-0.15, -0.1) is 0 Å². The van der Waals surface area contributed by atoms with Gasteiger partial charge in [0.05, 0.1) is 13.2 Å². The lowest BCUT2D eigenvalue weighted by Gasteiger charge is -2.40. The third-order valence-electron chi connectivity index (χ3n) is 5.25. The van der Waals surface area contributed by atoms with Gasteiger partial charge in [-0.1, -0.05) is 19.1 Å². The number of rotatable bonds is 4. The second-order valence-corrected chi connectivity index (χ2v) is 6.58. The molecule has 2 heterocycles. The van der Waals surface area contributed by atoms with Crippen molar-refractivity contribution >= 4 is 0 Å². The van der Waals surface area contributed by atoms with Gasteiger partial charge in [0.2, 0.25) is 0 Å². The summed E-state index contributed by atoms with van der Waals surface area (Å²) < 4.78 is 11.7. The standard InChI is InChI=1S/C18H27NO3/c1-2-18(14-20)7-9-19(10-8-18)13-15-5-3-6-16-17(15)22-12-4-11-21-16/h3,5-6,20H,2,4,7-14H2,1H3. The summed E-state index contributed by atoms with van der Waals surface area (Å²) in [4.78, 5) is 2.47. The SMILES string of the molecule is CCC1(CO)CCN(Cc2cccc3c2OCCCO3)CC1. The summed E-state index contributed by atoms with van der Waals surface area (Å²) in [6.07, 6.45) is 4.15. The number of hydrogen-bond acceptors (Lipinski definition) is 4. The Morgan fingerprint density at radius 2 is 1.95 bits per heavy atom. The number of aliphatic hydroxyl groups is 1. The average molecular weight is 305 g/mol. The number of aliphatic hydroxyl groups excluding tert-OH is 1. The zero-order valence-corrected chi connectivity index (χ0v) is 13.5. The van der Waals surface area contributed by atoms with Crippen LogP contribution in [0.5, 0.6) is 11.5 Å². The molecule has 0 aliphatic carbocycles. The first-order valence-corrected chi connectivity index (χ1v) is 8.47. The Morgan fingerprint density at radius 3 is 2.68 bits per heavy atom. The minimum absolute atomic E-state index is 0.143. The topological polar surface area (TPSA) is 41.9 Å². The van der Waals surface area contributed by atoms with Gasteiger partial charge in [0.1, 0.15) is 0 Å². The van der Waals surface area contributed by atoms with E-state index < -0.39 is 0 Å². The third kappa shape index (κ3) is 3.23. The van der Waals surface area contributed by atoms with Gasteiger partial charge in [0.25, 0.3) is 0 Å². The molecule has 0 radical (unpaired) electrons. The van der Waals surface area contributed by atoms with Crippen molar-refractivity contribution in [2.75, 3.05) is 32.9 Å². The maximum atomic E-state index is 9.65. The summed E-state index contributed by atoms with van der Waals surface area (Å²) in [5, 5.41) is 9.65. The van der Waals surface area contributed by atoms with E-state index in [4.69, 9.17) is 9.47 Å². The number of hydrogen-bond donors (Lipinski definition) is 1. The summed E-state index contributed by atoms with van der Waals surface area (Å²) in [7, 11) is 0. The van der Waals surface area contributed by atoms with Gasteiger partial charge in [-0.25, -0.2) is 0 Å². The van der Waals surface area contributed by atoms with Crippen LogP contribution in [0, 0.1) is 5.41 Å². The molecule has 2 aliphatic heterocycles. The predicted molar refractivity (Wildman–Crippen MR) is 86.4 cm³/mol. The van der Waals surface area contributed by atoms with Gasteiger partial charge in [0, 0.05) is 25.1 Å². The second kappa shape index (κ2) is 6.88. The molecule has 4 nitrogen and oxygen atoms in total. The summed E-state index contributed by atoms with van der Waals surface area (Å²) in [5.74, 6) is 1.81. The molecule has 1 aromatic rings. The lowest BCUT2D eigenvalue weighted by atomic mass is 9.77. The molecule has 0 bridgehead atoms. The van der Waals surface area contributed by atoms with E-state index in [1.54, 1.807) is 0 Å². The highest BCUT2D eigenvalue weighted by molar-refractivity contribution is 5.47. The molecule has 122 valence electrons. The predicted octanol–water partition coefficient (Wildman–Crippen LogP) is 2.83. The monoisotopic (exact) mass is 305 g/mol. The van der Waals surface area contributed by atoms with E-state index in [0.29, 0.717) is 6.61 Å². The van der Waals surface area contributed by atoms with Crippen molar-refractivity contribution in [2.45, 2.75) is 39.2 Å². The number of piperidine rings is 1. The summed E-state index contributed by atoms with van der Waals surface area (Å²) in [6, 6.07) is 6.19. The number of benzene rings is 1. The van der Waals surface area contributed by atoms with Crippen molar-refractivity contribution in [3.63, 3.8) is 0 Å². The fourth-order valence-electron chi connectivity index (χ4n) is 3.43. The van der Waals surface area contributed by atoms with Crippen LogP contribution in [0.2, 0.25) is 0 Å². The molecule has 0 amide bonds. The largest absolute Gasteiger partial charge is 0.490 e. The Kier molecular flexibility index (Phi) is 4.89. The van der Waals surface area contributed by atoms with E-state index in [2.05, 4.69) is 24.0 Å². The molecular formula is C18H27NO3.